The molecule has 0 fully saturated rings. The third-order valence-corrected chi connectivity index (χ3v) is 15.6. The van der Waals surface area contributed by atoms with Gasteiger partial charge in [0.1, 0.15) is 16.1 Å². The average Bonchev–Trinajstić information content (AvgIpc) is 4.13. The molecule has 0 atom stereocenters. The molecule has 3 aliphatic heterocycles. The molecule has 4 aromatic rings. The third-order valence-electron chi connectivity index (χ3n) is 13.8. The van der Waals surface area contributed by atoms with Gasteiger partial charge in [-0.15, -0.1) is 22.5 Å². The Hall–Kier alpha value is -7.34. The van der Waals surface area contributed by atoms with E-state index in [1.54, 1.807) is 0 Å². The van der Waals surface area contributed by atoms with Crippen molar-refractivity contribution in [1.29, 1.82) is 0 Å². The van der Waals surface area contributed by atoms with Crippen LogP contribution in [0.5, 0.6) is 0 Å². The van der Waals surface area contributed by atoms with E-state index < -0.39 is 51.6 Å². The average molecular weight is 1170 g/mol. The fourth-order valence-corrected chi connectivity index (χ4v) is 10.6. The summed E-state index contributed by atoms with van der Waals surface area (Å²) in [5, 5.41) is 10.5. The summed E-state index contributed by atoms with van der Waals surface area (Å²) in [5.41, 5.74) is 16.3. The maximum Gasteiger partial charge on any atom is 2.00 e. The number of rotatable bonds is 14. The van der Waals surface area contributed by atoms with Gasteiger partial charge in [-0.2, -0.15) is 0 Å². The minimum absolute atomic E-state index is 0. The number of esters is 4. The molecule has 15 nitrogen and oxygen atoms in total. The summed E-state index contributed by atoms with van der Waals surface area (Å²) in [6.07, 6.45) is -0.0814. The molecule has 3 N–H and O–H groups in total. The van der Waals surface area contributed by atoms with E-state index in [1.807, 2.05) is 76.2 Å². The van der Waals surface area contributed by atoms with Crippen molar-refractivity contribution >= 4 is 62.7 Å². The summed E-state index contributed by atoms with van der Waals surface area (Å²) < 4.78 is 20.4. The van der Waals surface area contributed by atoms with Gasteiger partial charge in [0.15, 0.2) is 0 Å². The minimum atomic E-state index is -1.76. The van der Waals surface area contributed by atoms with E-state index >= 15 is 9.59 Å². The van der Waals surface area contributed by atoms with Crippen LogP contribution in [0.3, 0.4) is 0 Å². The number of ether oxygens (including phenoxy) is 4. The fourth-order valence-electron chi connectivity index (χ4n) is 9.55. The minimum Gasteiger partial charge on any atom is -0.594 e. The van der Waals surface area contributed by atoms with E-state index in [-0.39, 0.29) is 99.8 Å². The first-order valence-electron chi connectivity index (χ1n) is 25.9. The van der Waals surface area contributed by atoms with Crippen LogP contribution in [0.25, 0.3) is 21.8 Å². The topological polar surface area (TPSA) is 229 Å². The summed E-state index contributed by atoms with van der Waals surface area (Å²) >= 11 is 0. The third kappa shape index (κ3) is 14.0. The van der Waals surface area contributed by atoms with E-state index in [4.69, 9.17) is 39.5 Å². The number of methoxy groups -OCH3 is 4. The van der Waals surface area contributed by atoms with Gasteiger partial charge in [0.25, 0.3) is 11.6 Å². The van der Waals surface area contributed by atoms with E-state index in [0.717, 1.165) is 11.1 Å². The van der Waals surface area contributed by atoms with Crippen molar-refractivity contribution in [1.82, 2.24) is 9.97 Å². The standard InChI is InChI=1S/C62H68N4O10Si2.H2O.Zn/c1-35-43(23-27-47(67)73-5)57-61(71)58-45(25-29-49(69)75-7)37(3)55(65-58)52(42-21-17-40(18-22-42)32-34-78(12,13)14)56-38(4)46(26-30-50(70)76-8)60(66-56)62(72)59-44(24-28-48(68)74-6)36(2)54(64-59)51(53(35)63-57)41-19-15-39(16-20-41)31-33-77(9,10)11;;/h15-22H,23-30H2,1-14H3,(H2-2,63,64,65,66,71,72);1H2;/q;;+2/p-1. The van der Waals surface area contributed by atoms with Gasteiger partial charge in [0, 0.05) is 83.6 Å². The summed E-state index contributed by atoms with van der Waals surface area (Å²) in [7, 11) is 1.69. The Bertz CT molecular complexity index is 3150. The molecule has 8 bridgehead atoms. The van der Waals surface area contributed by atoms with Crippen molar-refractivity contribution in [3.05, 3.63) is 172 Å². The normalized spacial score (nSPS) is 15.9. The molecular formula is C62H69N4O11Si2Zn+. The SMILES string of the molecule is COC(=O)CCC1=C(C)/C2=C(\c3ccc(C#C[Si](C)(C)C)cc3)c3[n-]c(c(CCC(=O)OC)c3C)C(=O)[C+]3[N-]/C(=C(/c4ccc(C#C[Si](C)(C)C)cc4)c4[n-]c(c(CCC(=O)OC)c4C)C(=O)[C+]1[N-]2)C(C)=C3CCC(=O)OC.[OH3+].[Zn+2]. The van der Waals surface area contributed by atoms with E-state index in [9.17, 15) is 19.2 Å². The van der Waals surface area contributed by atoms with Crippen LogP contribution < -0.4 is 9.97 Å². The molecule has 0 saturated carbocycles. The molecule has 18 heteroatoms. The van der Waals surface area contributed by atoms with Crippen LogP contribution in [-0.4, -0.2) is 80.0 Å². The second-order valence-corrected chi connectivity index (χ2v) is 31.0. The Labute approximate surface area is 484 Å². The van der Waals surface area contributed by atoms with Crippen molar-refractivity contribution in [3.63, 3.8) is 0 Å². The molecule has 0 aliphatic carbocycles. The quantitative estimate of drug-likeness (QED) is 0.0287. The number of nitrogens with zero attached hydrogens (tertiary/aromatic N) is 4. The predicted octanol–water partition coefficient (Wildman–Crippen LogP) is 9.94. The molecule has 0 spiro atoms. The van der Waals surface area contributed by atoms with Crippen molar-refractivity contribution in [2.75, 3.05) is 28.4 Å². The van der Waals surface area contributed by atoms with Crippen molar-refractivity contribution in [2.45, 2.75) is 118 Å². The number of hydrogen-bond acceptors (Lipinski definition) is 10. The zero-order valence-electron chi connectivity index (χ0n) is 48.4. The fraction of sp³-hybridized carbons (Fsp3) is 0.355. The summed E-state index contributed by atoms with van der Waals surface area (Å²) in [4.78, 5) is 94.1. The van der Waals surface area contributed by atoms with Crippen LogP contribution in [0.4, 0.5) is 0 Å². The maximum atomic E-state index is 15.9. The predicted molar refractivity (Wildman–Crippen MR) is 310 cm³/mol. The molecule has 0 saturated heterocycles. The number of Topliss-reactive ketones (excluding diaryl/α,β-unsaturated/α-hetero) is 2. The maximum absolute atomic E-state index is 15.9. The first-order chi connectivity index (χ1) is 36.9. The first-order valence-corrected chi connectivity index (χ1v) is 32.9. The van der Waals surface area contributed by atoms with Crippen LogP contribution in [0.2, 0.25) is 39.3 Å². The number of fused-ring (bicyclic) bond motifs is 8. The first kappa shape index (κ1) is 63.5. The summed E-state index contributed by atoms with van der Waals surface area (Å²) in [5.74, 6) is 3.55. The molecule has 0 radical (unpaired) electrons. The van der Waals surface area contributed by atoms with Crippen LogP contribution >= 0.6 is 0 Å². The number of ketones is 2. The van der Waals surface area contributed by atoms with Crippen molar-refractivity contribution < 1.29 is 72.7 Å². The van der Waals surface area contributed by atoms with Crippen LogP contribution in [0, 0.1) is 48.9 Å². The number of carbonyl (C=O) groups is 6. The van der Waals surface area contributed by atoms with Gasteiger partial charge in [0.05, 0.1) is 65.3 Å². The van der Waals surface area contributed by atoms with E-state index in [2.05, 4.69) is 62.2 Å². The van der Waals surface area contributed by atoms with Crippen molar-refractivity contribution in [3.8, 4) is 22.9 Å². The molecule has 2 aromatic heterocycles. The summed E-state index contributed by atoms with van der Waals surface area (Å²) in [6, 6.07) is 15.3. The zero-order chi connectivity index (χ0) is 57.0. The molecule has 2 aromatic carbocycles. The monoisotopic (exact) mass is 1170 g/mol. The zero-order valence-corrected chi connectivity index (χ0v) is 53.4. The number of carbonyl (C=O) groups excluding carboxylic acids is 6. The Balaban J connectivity index is 0.00000588. The molecular weight excluding hydrogens is 1100 g/mol. The van der Waals surface area contributed by atoms with Gasteiger partial charge in [-0.3, -0.25) is 28.8 Å². The Kier molecular flexibility index (Phi) is 20.9. The molecule has 7 rings (SSSR count). The Morgan fingerprint density at radius 1 is 0.487 bits per heavy atom. The van der Waals surface area contributed by atoms with Gasteiger partial charge < -0.3 is 45.0 Å². The van der Waals surface area contributed by atoms with Gasteiger partial charge in [-0.25, -0.2) is 0 Å². The van der Waals surface area contributed by atoms with Crippen LogP contribution in [0.1, 0.15) is 129 Å². The molecule has 0 unspecified atom stereocenters. The number of hydrogen-bond donors (Lipinski definition) is 0. The second-order valence-electron chi connectivity index (χ2n) is 21.5. The van der Waals surface area contributed by atoms with Crippen LogP contribution in [0.15, 0.2) is 82.2 Å². The van der Waals surface area contributed by atoms with Gasteiger partial charge in [-0.05, 0) is 84.4 Å². The van der Waals surface area contributed by atoms with E-state index in [0.29, 0.717) is 89.6 Å². The van der Waals surface area contributed by atoms with Crippen LogP contribution in [-0.2, 0) is 75.9 Å². The second kappa shape index (κ2) is 26.3. The molecule has 80 heavy (non-hydrogen) atoms. The van der Waals surface area contributed by atoms with Crippen molar-refractivity contribution in [2.24, 2.45) is 0 Å². The van der Waals surface area contributed by atoms with Gasteiger partial charge in [0.2, 0.25) is 0 Å². The smallest absolute Gasteiger partial charge is 0.594 e. The van der Waals surface area contributed by atoms with Gasteiger partial charge in [-0.1, -0.05) is 86.8 Å². The largest absolute Gasteiger partial charge is 2.00 e. The molecule has 3 aliphatic rings. The number of benzene rings is 2. The Morgan fingerprint density at radius 2 is 0.787 bits per heavy atom. The number of allylic oxidation sites excluding steroid dienone is 2. The molecule has 412 valence electrons. The van der Waals surface area contributed by atoms with E-state index in [1.165, 1.54) is 28.4 Å². The summed E-state index contributed by atoms with van der Waals surface area (Å²) in [6.45, 7) is 20.3. The molecule has 5 heterocycles. The molecule has 0 amide bonds. The van der Waals surface area contributed by atoms with Gasteiger partial charge >= 0.3 is 43.4 Å². The number of aromatic nitrogens is 2. The Morgan fingerprint density at radius 3 is 1.07 bits per heavy atom.